The molecule has 0 amide bonds. The SMILES string of the molecule is CC(C)(C)c1ccc(C(c2ccccc2)c2cc3c4c(c2)N(c2ccc(N(c5ccccc5)c5ccc(C(C)(C)C)cc5)cc2)c2c(oc5cc6c(cc25)C(C)(C)CCC6(C)C)B4c2cc4c(cc2N3c2ccc3c(c2)C(C)(C)CCC3(C)C)C(C)(C)CCC4(C)C)cc1. The number of para-hydroxylation sites is 1. The molecule has 4 nitrogen and oxygen atoms in total. The Morgan fingerprint density at radius 2 is 0.809 bits per heavy atom. The van der Waals surface area contributed by atoms with Crippen LogP contribution in [0.1, 0.15) is 230 Å². The molecular formula is C89H98BN3O. The van der Waals surface area contributed by atoms with E-state index in [9.17, 15) is 0 Å². The summed E-state index contributed by atoms with van der Waals surface area (Å²) in [5.74, 6) is -0.101. The summed E-state index contributed by atoms with van der Waals surface area (Å²) in [4.78, 5) is 7.80. The molecule has 478 valence electrons. The quantitative estimate of drug-likeness (QED) is 0.112. The lowest BCUT2D eigenvalue weighted by molar-refractivity contribution is 0.332. The highest BCUT2D eigenvalue weighted by Gasteiger charge is 2.51. The van der Waals surface area contributed by atoms with Crippen LogP contribution in [-0.2, 0) is 43.3 Å². The maximum absolute atomic E-state index is 7.98. The molecule has 5 heteroatoms. The average Bonchev–Trinajstić information content (AvgIpc) is 1.23. The summed E-state index contributed by atoms with van der Waals surface area (Å²) in [5.41, 5.74) is 30.1. The van der Waals surface area contributed by atoms with Gasteiger partial charge in [-0.15, -0.1) is 0 Å². The molecule has 10 aromatic rings. The molecule has 0 fully saturated rings. The number of anilines is 9. The molecule has 0 N–H and O–H groups in total. The summed E-state index contributed by atoms with van der Waals surface area (Å²) in [5, 5.41) is 1.17. The molecule has 3 aliphatic carbocycles. The first-order valence-electron chi connectivity index (χ1n) is 35.3. The van der Waals surface area contributed by atoms with Gasteiger partial charge in [-0.2, -0.15) is 0 Å². The summed E-state index contributed by atoms with van der Waals surface area (Å²) in [6.07, 6.45) is 6.79. The van der Waals surface area contributed by atoms with Crippen LogP contribution in [0.25, 0.3) is 11.0 Å². The van der Waals surface area contributed by atoms with Crippen LogP contribution in [0.15, 0.2) is 192 Å². The number of hydrogen-bond acceptors (Lipinski definition) is 4. The Bertz CT molecular complexity index is 4620. The van der Waals surface area contributed by atoms with E-state index in [0.29, 0.717) is 0 Å². The minimum Gasteiger partial charge on any atom is -0.468 e. The molecule has 0 saturated heterocycles. The summed E-state index contributed by atoms with van der Waals surface area (Å²) in [6, 6.07) is 73.8. The van der Waals surface area contributed by atoms with Gasteiger partial charge in [-0.3, -0.25) is 0 Å². The Hall–Kier alpha value is -8.02. The van der Waals surface area contributed by atoms with Gasteiger partial charge in [0.05, 0.1) is 11.3 Å². The molecule has 9 aromatic carbocycles. The summed E-state index contributed by atoms with van der Waals surface area (Å²) < 4.78 is 7.98. The van der Waals surface area contributed by atoms with E-state index in [0.717, 1.165) is 78.2 Å². The minimum absolute atomic E-state index is 0.00163. The lowest BCUT2D eigenvalue weighted by Gasteiger charge is -2.47. The molecule has 1 atom stereocenters. The van der Waals surface area contributed by atoms with Crippen molar-refractivity contribution in [2.75, 3.05) is 14.7 Å². The second-order valence-corrected chi connectivity index (χ2v) is 35.0. The predicted octanol–water partition coefficient (Wildman–Crippen LogP) is 22.8. The Balaban J connectivity index is 1.07. The van der Waals surface area contributed by atoms with Gasteiger partial charge in [-0.1, -0.05) is 222 Å². The second kappa shape index (κ2) is 21.2. The van der Waals surface area contributed by atoms with Crippen LogP contribution < -0.4 is 31.3 Å². The fourth-order valence-corrected chi connectivity index (χ4v) is 17.3. The van der Waals surface area contributed by atoms with Crippen molar-refractivity contribution < 1.29 is 4.42 Å². The maximum Gasteiger partial charge on any atom is 0.297 e. The smallest absolute Gasteiger partial charge is 0.297 e. The monoisotopic (exact) mass is 1240 g/mol. The lowest BCUT2D eigenvalue weighted by atomic mass is 9.35. The van der Waals surface area contributed by atoms with Crippen molar-refractivity contribution in [2.45, 2.75) is 212 Å². The van der Waals surface area contributed by atoms with Crippen molar-refractivity contribution >= 4 is 85.5 Å². The first kappa shape index (κ1) is 62.1. The highest BCUT2D eigenvalue weighted by molar-refractivity contribution is 7.00. The number of rotatable bonds is 8. The molecule has 0 bridgehead atoms. The molecule has 1 unspecified atom stereocenters. The minimum atomic E-state index is -0.230. The first-order chi connectivity index (χ1) is 44.3. The largest absolute Gasteiger partial charge is 0.468 e. The van der Waals surface area contributed by atoms with Crippen molar-refractivity contribution in [1.29, 1.82) is 0 Å². The van der Waals surface area contributed by atoms with Crippen LogP contribution >= 0.6 is 0 Å². The molecule has 5 aliphatic rings. The topological polar surface area (TPSA) is 22.9 Å². The molecule has 0 saturated carbocycles. The van der Waals surface area contributed by atoms with Gasteiger partial charge in [-0.25, -0.2) is 0 Å². The second-order valence-electron chi connectivity index (χ2n) is 35.0. The molecule has 1 aromatic heterocycles. The van der Waals surface area contributed by atoms with E-state index in [-0.39, 0.29) is 56.0 Å². The van der Waals surface area contributed by atoms with E-state index < -0.39 is 0 Å². The van der Waals surface area contributed by atoms with Gasteiger partial charge in [0, 0.05) is 56.8 Å². The highest BCUT2D eigenvalue weighted by Crippen LogP contribution is 2.56. The third-order valence-corrected chi connectivity index (χ3v) is 23.7. The zero-order chi connectivity index (χ0) is 66.2. The zero-order valence-electron chi connectivity index (χ0n) is 59.5. The Labute approximate surface area is 562 Å². The predicted molar refractivity (Wildman–Crippen MR) is 402 cm³/mol. The summed E-state index contributed by atoms with van der Waals surface area (Å²) >= 11 is 0. The van der Waals surface area contributed by atoms with Crippen LogP contribution in [0.2, 0.25) is 0 Å². The van der Waals surface area contributed by atoms with Gasteiger partial charge in [0.2, 0.25) is 0 Å². The number of benzene rings is 9. The Morgan fingerprint density at radius 3 is 1.35 bits per heavy atom. The summed E-state index contributed by atoms with van der Waals surface area (Å²) in [7, 11) is 0. The van der Waals surface area contributed by atoms with E-state index in [1.54, 1.807) is 0 Å². The molecule has 94 heavy (non-hydrogen) atoms. The van der Waals surface area contributed by atoms with Gasteiger partial charge < -0.3 is 19.1 Å². The number of hydrogen-bond donors (Lipinski definition) is 0. The molecular weight excluding hydrogens is 1140 g/mol. The normalized spacial score (nSPS) is 18.7. The van der Waals surface area contributed by atoms with Crippen molar-refractivity contribution in [2.24, 2.45) is 0 Å². The molecule has 15 rings (SSSR count). The van der Waals surface area contributed by atoms with Gasteiger partial charge in [0.1, 0.15) is 5.58 Å². The van der Waals surface area contributed by atoms with Gasteiger partial charge >= 0.3 is 0 Å². The number of furan rings is 1. The van der Waals surface area contributed by atoms with E-state index in [2.05, 4.69) is 327 Å². The number of nitrogens with zero attached hydrogens (tertiary/aromatic N) is 3. The molecule has 0 radical (unpaired) electrons. The fourth-order valence-electron chi connectivity index (χ4n) is 17.3. The molecule has 0 spiro atoms. The Morgan fingerprint density at radius 1 is 0.383 bits per heavy atom. The van der Waals surface area contributed by atoms with Gasteiger partial charge in [-0.05, 0) is 245 Å². The molecule has 2 aliphatic heterocycles. The third kappa shape index (κ3) is 10.0. The van der Waals surface area contributed by atoms with Crippen molar-refractivity contribution in [3.63, 3.8) is 0 Å². The van der Waals surface area contributed by atoms with E-state index in [1.165, 1.54) is 100 Å². The Kier molecular flexibility index (Phi) is 14.0. The maximum atomic E-state index is 7.98. The zero-order valence-corrected chi connectivity index (χ0v) is 59.5. The average molecular weight is 1240 g/mol. The van der Waals surface area contributed by atoms with Crippen LogP contribution in [-0.4, -0.2) is 6.71 Å². The standard InChI is InChI=1S/C89H98BN3O/c1-82(2,3)59-31-29-57(30-32-59)78(56-25-21-19-22-26-56)58-49-75-79-76(50-58)93(64-39-37-63(38-40-64)91(61-27-23-20-24-28-61)62-35-33-60(34-36-62)83(4,5)6)80-66-52-69-72(89(17,18)48-45-86(69,11)12)55-77(66)94-81(80)90(79)73-53-70-71(88(15,16)47-46-87(70,13)14)54-74(73)92(75)65-41-42-67-68(51-65)85(9,10)44-43-84(67,7)8/h19-42,49-55,78H,43-48H2,1-18H3. The fraction of sp³-hybridized carbons (Fsp3) is 0.371. The van der Waals surface area contributed by atoms with Crippen molar-refractivity contribution in [3.05, 3.63) is 249 Å². The van der Waals surface area contributed by atoms with Gasteiger partial charge in [0.15, 0.2) is 0 Å². The van der Waals surface area contributed by atoms with Crippen LogP contribution in [0.4, 0.5) is 51.2 Å². The van der Waals surface area contributed by atoms with E-state index >= 15 is 0 Å². The van der Waals surface area contributed by atoms with Crippen LogP contribution in [0.3, 0.4) is 0 Å². The highest BCUT2D eigenvalue weighted by atomic mass is 16.3. The molecule has 3 heterocycles. The van der Waals surface area contributed by atoms with Crippen LogP contribution in [0, 0.1) is 0 Å². The van der Waals surface area contributed by atoms with Crippen LogP contribution in [0.5, 0.6) is 0 Å². The first-order valence-corrected chi connectivity index (χ1v) is 35.3. The van der Waals surface area contributed by atoms with Crippen molar-refractivity contribution in [3.8, 4) is 0 Å². The number of fused-ring (bicyclic) bond motifs is 9. The van der Waals surface area contributed by atoms with E-state index in [4.69, 9.17) is 4.42 Å². The lowest BCUT2D eigenvalue weighted by Crippen LogP contribution is -2.61. The van der Waals surface area contributed by atoms with E-state index in [1.807, 2.05) is 0 Å². The van der Waals surface area contributed by atoms with Gasteiger partial charge in [0.25, 0.3) is 6.71 Å². The third-order valence-electron chi connectivity index (χ3n) is 23.7. The summed E-state index contributed by atoms with van der Waals surface area (Å²) in [6.45, 7) is 43.3. The van der Waals surface area contributed by atoms with Crippen molar-refractivity contribution in [1.82, 2.24) is 0 Å².